The highest BCUT2D eigenvalue weighted by Crippen LogP contribution is 2.21. The van der Waals surface area contributed by atoms with Crippen LogP contribution in [0.1, 0.15) is 36.4 Å². The number of aliphatic imine (C=N–C) groups is 1. The number of nitrogens with one attached hydrogen (secondary N) is 2. The van der Waals surface area contributed by atoms with E-state index in [2.05, 4.69) is 58.9 Å². The van der Waals surface area contributed by atoms with Gasteiger partial charge in [-0.3, -0.25) is 4.99 Å². The van der Waals surface area contributed by atoms with E-state index < -0.39 is 0 Å². The van der Waals surface area contributed by atoms with E-state index in [1.165, 1.54) is 11.1 Å². The molecule has 2 rings (SSSR count). The summed E-state index contributed by atoms with van der Waals surface area (Å²) in [6, 6.07) is 10.5. The molecule has 2 aromatic rings. The van der Waals surface area contributed by atoms with Gasteiger partial charge in [-0.15, -0.1) is 24.0 Å². The molecular weight excluding hydrogens is 427 g/mol. The first-order valence-corrected chi connectivity index (χ1v) is 8.36. The van der Waals surface area contributed by atoms with Gasteiger partial charge in [0.25, 0.3) is 0 Å². The molecule has 0 amide bonds. The van der Waals surface area contributed by atoms with E-state index in [1.54, 1.807) is 7.05 Å². The molecule has 1 aromatic carbocycles. The first kappa shape index (κ1) is 21.5. The zero-order valence-corrected chi connectivity index (χ0v) is 18.0. The second-order valence-electron chi connectivity index (χ2n) is 6.66. The van der Waals surface area contributed by atoms with Gasteiger partial charge in [-0.25, -0.2) is 0 Å². The number of benzene rings is 1. The maximum absolute atomic E-state index is 5.20. The van der Waals surface area contributed by atoms with Gasteiger partial charge in [-0.2, -0.15) is 0 Å². The maximum Gasteiger partial charge on any atom is 0.191 e. The molecule has 0 aliphatic heterocycles. The molecule has 0 radical (unpaired) electrons. The van der Waals surface area contributed by atoms with E-state index in [1.807, 2.05) is 19.9 Å². The minimum atomic E-state index is 0. The van der Waals surface area contributed by atoms with Crippen molar-refractivity contribution in [1.29, 1.82) is 0 Å². The van der Waals surface area contributed by atoms with Crippen molar-refractivity contribution in [3.05, 3.63) is 52.9 Å². The fraction of sp³-hybridized carbons (Fsp3) is 0.474. The third-order valence-electron chi connectivity index (χ3n) is 4.33. The van der Waals surface area contributed by atoms with Crippen LogP contribution in [-0.2, 0) is 11.8 Å². The lowest BCUT2D eigenvalue weighted by Gasteiger charge is -2.26. The standard InChI is InChI=1S/C19H28N4O.HI/c1-14-17(15(2)24-23-14)11-12-21-18(20-5)22-13-19(3,4)16-9-7-6-8-10-16;/h6-10H,11-13H2,1-5H3,(H2,20,21,22);1H. The molecule has 0 bridgehead atoms. The summed E-state index contributed by atoms with van der Waals surface area (Å²) in [6.45, 7) is 9.97. The molecule has 6 heteroatoms. The number of nitrogens with zero attached hydrogens (tertiary/aromatic N) is 2. The SMILES string of the molecule is CN=C(NCCc1c(C)noc1C)NCC(C)(C)c1ccccc1.I. The predicted molar refractivity (Wildman–Crippen MR) is 114 cm³/mol. The van der Waals surface area contributed by atoms with Gasteiger partial charge < -0.3 is 15.2 Å². The van der Waals surface area contributed by atoms with Crippen LogP contribution >= 0.6 is 24.0 Å². The highest BCUT2D eigenvalue weighted by molar-refractivity contribution is 14.0. The topological polar surface area (TPSA) is 62.5 Å². The summed E-state index contributed by atoms with van der Waals surface area (Å²) in [6.07, 6.45) is 0.865. The summed E-state index contributed by atoms with van der Waals surface area (Å²) in [5.41, 5.74) is 3.47. The lowest BCUT2D eigenvalue weighted by Crippen LogP contribution is -2.44. The molecule has 2 N–H and O–H groups in total. The van der Waals surface area contributed by atoms with Crippen LogP contribution < -0.4 is 10.6 Å². The number of rotatable bonds is 6. The van der Waals surface area contributed by atoms with Gasteiger partial charge in [0.15, 0.2) is 5.96 Å². The summed E-state index contributed by atoms with van der Waals surface area (Å²) in [7, 11) is 1.79. The van der Waals surface area contributed by atoms with E-state index in [0.29, 0.717) is 0 Å². The van der Waals surface area contributed by atoms with Gasteiger partial charge in [0.1, 0.15) is 5.76 Å². The molecule has 0 saturated heterocycles. The van der Waals surface area contributed by atoms with Gasteiger partial charge >= 0.3 is 0 Å². The van der Waals surface area contributed by atoms with Crippen molar-refractivity contribution < 1.29 is 4.52 Å². The van der Waals surface area contributed by atoms with Crippen LogP contribution in [-0.4, -0.2) is 31.3 Å². The first-order chi connectivity index (χ1) is 11.4. The number of hydrogen-bond acceptors (Lipinski definition) is 3. The van der Waals surface area contributed by atoms with Gasteiger partial charge in [0.2, 0.25) is 0 Å². The first-order valence-electron chi connectivity index (χ1n) is 8.36. The van der Waals surface area contributed by atoms with Crippen molar-refractivity contribution in [2.24, 2.45) is 4.99 Å². The van der Waals surface area contributed by atoms with Gasteiger partial charge in [-0.05, 0) is 25.8 Å². The summed E-state index contributed by atoms with van der Waals surface area (Å²) < 4.78 is 5.20. The van der Waals surface area contributed by atoms with Crippen LogP contribution in [0.4, 0.5) is 0 Å². The fourth-order valence-electron chi connectivity index (χ4n) is 2.68. The van der Waals surface area contributed by atoms with Crippen molar-refractivity contribution in [2.45, 2.75) is 39.5 Å². The molecular formula is C19H29IN4O. The second kappa shape index (κ2) is 9.79. The smallest absolute Gasteiger partial charge is 0.191 e. The van der Waals surface area contributed by atoms with Gasteiger partial charge in [0, 0.05) is 31.1 Å². The molecule has 25 heavy (non-hydrogen) atoms. The average molecular weight is 456 g/mol. The molecule has 0 aliphatic carbocycles. The molecule has 0 saturated carbocycles. The minimum absolute atomic E-state index is 0. The summed E-state index contributed by atoms with van der Waals surface area (Å²) in [5, 5.41) is 10.8. The summed E-state index contributed by atoms with van der Waals surface area (Å²) in [4.78, 5) is 4.30. The van der Waals surface area contributed by atoms with Crippen LogP contribution in [0.5, 0.6) is 0 Å². The summed E-state index contributed by atoms with van der Waals surface area (Å²) >= 11 is 0. The Morgan fingerprint density at radius 2 is 1.84 bits per heavy atom. The number of halogens is 1. The zero-order valence-electron chi connectivity index (χ0n) is 15.7. The molecule has 1 heterocycles. The molecule has 5 nitrogen and oxygen atoms in total. The molecule has 0 unspecified atom stereocenters. The highest BCUT2D eigenvalue weighted by Gasteiger charge is 2.20. The largest absolute Gasteiger partial charge is 0.361 e. The van der Waals surface area contributed by atoms with Crippen molar-refractivity contribution in [1.82, 2.24) is 15.8 Å². The third-order valence-corrected chi connectivity index (χ3v) is 4.33. The van der Waals surface area contributed by atoms with Gasteiger partial charge in [0.05, 0.1) is 5.69 Å². The van der Waals surface area contributed by atoms with Crippen LogP contribution in [0.2, 0.25) is 0 Å². The maximum atomic E-state index is 5.20. The van der Waals surface area contributed by atoms with Crippen molar-refractivity contribution in [3.63, 3.8) is 0 Å². The van der Waals surface area contributed by atoms with Crippen molar-refractivity contribution >= 4 is 29.9 Å². The Morgan fingerprint density at radius 3 is 2.40 bits per heavy atom. The van der Waals surface area contributed by atoms with E-state index in [4.69, 9.17) is 4.52 Å². The van der Waals surface area contributed by atoms with Crippen LogP contribution in [0, 0.1) is 13.8 Å². The summed E-state index contributed by atoms with van der Waals surface area (Å²) in [5.74, 6) is 1.70. The Balaban J connectivity index is 0.00000312. The highest BCUT2D eigenvalue weighted by atomic mass is 127. The second-order valence-corrected chi connectivity index (χ2v) is 6.66. The van der Waals surface area contributed by atoms with E-state index in [9.17, 15) is 0 Å². The van der Waals surface area contributed by atoms with E-state index in [0.717, 1.165) is 36.9 Å². The van der Waals surface area contributed by atoms with Crippen LogP contribution in [0.3, 0.4) is 0 Å². The minimum Gasteiger partial charge on any atom is -0.361 e. The zero-order chi connectivity index (χ0) is 17.6. The monoisotopic (exact) mass is 456 g/mol. The van der Waals surface area contributed by atoms with E-state index >= 15 is 0 Å². The lowest BCUT2D eigenvalue weighted by molar-refractivity contribution is 0.392. The number of guanidine groups is 1. The Labute approximate surface area is 167 Å². The number of hydrogen-bond donors (Lipinski definition) is 2. The van der Waals surface area contributed by atoms with Crippen molar-refractivity contribution in [2.75, 3.05) is 20.1 Å². The van der Waals surface area contributed by atoms with Crippen LogP contribution in [0.15, 0.2) is 39.8 Å². The quantitative estimate of drug-likeness (QED) is 0.396. The lowest BCUT2D eigenvalue weighted by atomic mass is 9.85. The van der Waals surface area contributed by atoms with Crippen LogP contribution in [0.25, 0.3) is 0 Å². The molecule has 0 spiro atoms. The Hall–Kier alpha value is -1.57. The third kappa shape index (κ3) is 6.02. The molecule has 0 fully saturated rings. The number of aromatic nitrogens is 1. The van der Waals surface area contributed by atoms with Gasteiger partial charge in [-0.1, -0.05) is 49.3 Å². The molecule has 138 valence electrons. The van der Waals surface area contributed by atoms with Crippen molar-refractivity contribution in [3.8, 4) is 0 Å². The average Bonchev–Trinajstić information content (AvgIpc) is 2.90. The molecule has 0 aliphatic rings. The number of aryl methyl sites for hydroxylation is 2. The predicted octanol–water partition coefficient (Wildman–Crippen LogP) is 3.59. The Kier molecular flexibility index (Phi) is 8.41. The normalized spacial score (nSPS) is 11.8. The molecule has 1 aromatic heterocycles. The Morgan fingerprint density at radius 1 is 1.16 bits per heavy atom. The Bertz CT molecular complexity index is 660. The van der Waals surface area contributed by atoms with E-state index in [-0.39, 0.29) is 29.4 Å². The molecule has 0 atom stereocenters. The fourth-order valence-corrected chi connectivity index (χ4v) is 2.68.